The zero-order chi connectivity index (χ0) is 22.1. The average molecular weight is 452 g/mol. The maximum absolute atomic E-state index is 12.5. The summed E-state index contributed by atoms with van der Waals surface area (Å²) in [6.45, 7) is 0. The van der Waals surface area contributed by atoms with Gasteiger partial charge in [-0.15, -0.1) is 0 Å². The molecule has 2 aromatic rings. The minimum atomic E-state index is -5.37. The van der Waals surface area contributed by atoms with E-state index in [1.807, 2.05) is 0 Å². The molecule has 0 atom stereocenters. The zero-order valence-electron chi connectivity index (χ0n) is 15.4. The molecule has 29 heavy (non-hydrogen) atoms. The van der Waals surface area contributed by atoms with Gasteiger partial charge in [-0.3, -0.25) is 0 Å². The molecule has 0 fully saturated rings. The van der Waals surface area contributed by atoms with Crippen LogP contribution in [0.1, 0.15) is 20.7 Å². The van der Waals surface area contributed by atoms with Gasteiger partial charge in [-0.2, -0.15) is 0 Å². The number of hydrogen-bond donors (Lipinski definition) is 2. The van der Waals surface area contributed by atoms with Crippen LogP contribution in [0.25, 0.3) is 11.1 Å². The van der Waals surface area contributed by atoms with E-state index in [0.717, 1.165) is 14.2 Å². The molecule has 2 rings (SSSR count). The van der Waals surface area contributed by atoms with E-state index in [-0.39, 0.29) is 39.1 Å². The molecule has 0 aliphatic carbocycles. The molecule has 0 spiro atoms. The maximum atomic E-state index is 12.5. The minimum absolute atomic E-state index is 0.150. The van der Waals surface area contributed by atoms with Gasteiger partial charge in [0.05, 0.1) is 0 Å². The number of carbonyl (C=O) groups is 2. The van der Waals surface area contributed by atoms with Gasteiger partial charge in [0.15, 0.2) is 0 Å². The number of methoxy groups -OCH3 is 2. The predicted octanol–water partition coefficient (Wildman–Crippen LogP) is 0.214. The summed E-state index contributed by atoms with van der Waals surface area (Å²) in [4.78, 5) is 22.4. The average Bonchev–Trinajstić information content (AvgIpc) is 2.64. The topological polar surface area (TPSA) is 161 Å². The molecule has 2 N–H and O–H groups in total. The summed E-state index contributed by atoms with van der Waals surface area (Å²) in [6.07, 6.45) is 0. The fraction of sp³-hybridized carbons (Fsp3) is 0.125. The molecule has 150 valence electrons. The van der Waals surface area contributed by atoms with Crippen LogP contribution < -0.4 is 2.81 Å². The van der Waals surface area contributed by atoms with Crippen LogP contribution in [0.2, 0.25) is 0 Å². The summed E-state index contributed by atoms with van der Waals surface area (Å²) in [7, 11) is -8.78. The molecule has 0 aliphatic rings. The van der Waals surface area contributed by atoms with Gasteiger partial charge in [-0.1, -0.05) is 0 Å². The second kappa shape index (κ2) is 8.52. The summed E-state index contributed by atoms with van der Waals surface area (Å²) >= 11 is -0.280. The summed E-state index contributed by atoms with van der Waals surface area (Å²) in [5.74, 6) is -2.43. The van der Waals surface area contributed by atoms with Gasteiger partial charge >= 0.3 is 185 Å². The molecule has 0 radical (unpaired) electrons. The number of ether oxygens (including phenoxy) is 2. The van der Waals surface area contributed by atoms with Gasteiger partial charge in [0.1, 0.15) is 0 Å². The fourth-order valence-corrected chi connectivity index (χ4v) is 6.87. The van der Waals surface area contributed by atoms with Crippen LogP contribution in [0.3, 0.4) is 0 Å². The molecule has 0 saturated heterocycles. The van der Waals surface area contributed by atoms with Crippen molar-refractivity contribution in [2.24, 2.45) is 0 Å². The van der Waals surface area contributed by atoms with Crippen LogP contribution in [0, 0.1) is 0 Å². The summed E-state index contributed by atoms with van der Waals surface area (Å²) in [5.41, 5.74) is -1.52. The third kappa shape index (κ3) is 4.53. The molecule has 2 aromatic carbocycles. The van der Waals surface area contributed by atoms with E-state index in [1.54, 1.807) is 6.07 Å². The van der Waals surface area contributed by atoms with Crippen LogP contribution >= 0.6 is 0 Å². The first-order valence-electron chi connectivity index (χ1n) is 7.73. The number of esters is 2. The van der Waals surface area contributed by atoms with Crippen molar-refractivity contribution < 1.29 is 45.0 Å². The standard InChI is InChI=1S/C16H13O10S2.Na/c1-25-15(17)10-8-11(27(19,20)21)14(28(22,23)24)13(16(18)26-2)12(10)9-6-4-3-5-7-9;/h3-7H,1-2H3,(H,19,20,21)(H,22,23,24);. The Bertz CT molecular complexity index is 1200. The number of benzene rings is 2. The third-order valence-electron chi connectivity index (χ3n) is 4.01. The molecule has 0 heterocycles. The Morgan fingerprint density at radius 2 is 1.28 bits per heavy atom. The molecular formula is C16H13NaO10S2. The van der Waals surface area contributed by atoms with E-state index < -0.39 is 55.9 Å². The monoisotopic (exact) mass is 452 g/mol. The fourth-order valence-electron chi connectivity index (χ4n) is 2.93. The van der Waals surface area contributed by atoms with Gasteiger partial charge in [-0.25, -0.2) is 0 Å². The van der Waals surface area contributed by atoms with Crippen LogP contribution in [0.15, 0.2) is 40.1 Å². The number of rotatable bonds is 5. The molecule has 0 aliphatic heterocycles. The van der Waals surface area contributed by atoms with Crippen LogP contribution in [0.4, 0.5) is 0 Å². The first-order chi connectivity index (χ1) is 13.4. The Morgan fingerprint density at radius 3 is 1.69 bits per heavy atom. The van der Waals surface area contributed by atoms with Crippen LogP contribution in [0.5, 0.6) is 0 Å². The SMILES string of the molecule is COC(=O)c1[c]([Na])c(S(=O)(=O)O)c(S(=O)(=O)O)c(C(=O)OC)c1-c1ccccc1. The van der Waals surface area contributed by atoms with Crippen molar-refractivity contribution in [1.82, 2.24) is 0 Å². The second-order valence-electron chi connectivity index (χ2n) is 5.71. The first kappa shape index (κ1) is 23.5. The predicted molar refractivity (Wildman–Crippen MR) is 99.6 cm³/mol. The van der Waals surface area contributed by atoms with E-state index in [2.05, 4.69) is 9.47 Å². The van der Waals surface area contributed by atoms with Gasteiger partial charge in [0.2, 0.25) is 0 Å². The van der Waals surface area contributed by atoms with Gasteiger partial charge < -0.3 is 0 Å². The zero-order valence-corrected chi connectivity index (χ0v) is 19.0. The van der Waals surface area contributed by atoms with Gasteiger partial charge in [0.25, 0.3) is 0 Å². The molecule has 0 unspecified atom stereocenters. The van der Waals surface area contributed by atoms with E-state index in [9.17, 15) is 35.5 Å². The summed E-state index contributed by atoms with van der Waals surface area (Å²) in [5, 5.41) is 0. The normalized spacial score (nSPS) is 11.8. The quantitative estimate of drug-likeness (QED) is 0.364. The van der Waals surface area contributed by atoms with E-state index in [1.165, 1.54) is 24.3 Å². The number of hydrogen-bond acceptors (Lipinski definition) is 8. The Kier molecular flexibility index (Phi) is 6.89. The van der Waals surface area contributed by atoms with E-state index >= 15 is 0 Å². The van der Waals surface area contributed by atoms with Crippen molar-refractivity contribution >= 4 is 62.9 Å². The van der Waals surface area contributed by atoms with Crippen LogP contribution in [-0.4, -0.2) is 80.0 Å². The Balaban J connectivity index is 3.38. The molecule has 0 bridgehead atoms. The van der Waals surface area contributed by atoms with Crippen molar-refractivity contribution in [2.45, 2.75) is 9.79 Å². The third-order valence-corrected chi connectivity index (χ3v) is 7.45. The second-order valence-corrected chi connectivity index (χ2v) is 9.42. The molecule has 10 nitrogen and oxygen atoms in total. The molecule has 0 saturated carbocycles. The van der Waals surface area contributed by atoms with Gasteiger partial charge in [-0.05, 0) is 0 Å². The summed E-state index contributed by atoms with van der Waals surface area (Å²) in [6, 6.07) is 7.51. The van der Waals surface area contributed by atoms with Crippen molar-refractivity contribution in [3.63, 3.8) is 0 Å². The Morgan fingerprint density at radius 1 is 0.828 bits per heavy atom. The number of carbonyl (C=O) groups excluding carboxylic acids is 2. The Labute approximate surface area is 183 Å². The molecular weight excluding hydrogens is 439 g/mol. The Hall–Kier alpha value is -1.80. The van der Waals surface area contributed by atoms with Crippen molar-refractivity contribution in [2.75, 3.05) is 14.2 Å². The van der Waals surface area contributed by atoms with E-state index in [4.69, 9.17) is 0 Å². The molecule has 0 amide bonds. The summed E-state index contributed by atoms with van der Waals surface area (Å²) < 4.78 is 76.4. The van der Waals surface area contributed by atoms with Gasteiger partial charge in [0, 0.05) is 0 Å². The van der Waals surface area contributed by atoms with Crippen LogP contribution in [-0.2, 0) is 29.7 Å². The molecule has 0 aromatic heterocycles. The van der Waals surface area contributed by atoms with Crippen molar-refractivity contribution in [3.8, 4) is 11.1 Å². The van der Waals surface area contributed by atoms with E-state index in [0.29, 0.717) is 0 Å². The first-order valence-corrected chi connectivity index (χ1v) is 11.6. The van der Waals surface area contributed by atoms with Crippen molar-refractivity contribution in [3.05, 3.63) is 41.5 Å². The van der Waals surface area contributed by atoms with Crippen molar-refractivity contribution in [1.29, 1.82) is 0 Å². The molecule has 13 heteroatoms.